The van der Waals surface area contributed by atoms with Crippen LogP contribution in [0, 0.1) is 0 Å². The molecular formula is C17H29ClN4OSi. The van der Waals surface area contributed by atoms with Gasteiger partial charge in [0.05, 0.1) is 18.5 Å². The third kappa shape index (κ3) is 3.81. The summed E-state index contributed by atoms with van der Waals surface area (Å²) in [5.41, 5.74) is 1.41. The summed E-state index contributed by atoms with van der Waals surface area (Å²) in [7, 11) is -1.85. The number of fused-ring (bicyclic) bond motifs is 1. The molecule has 5 nitrogen and oxygen atoms in total. The van der Waals surface area contributed by atoms with E-state index >= 15 is 0 Å². The zero-order chi connectivity index (χ0) is 18.1. The Kier molecular flexibility index (Phi) is 5.72. The Balaban J connectivity index is 2.35. The van der Waals surface area contributed by atoms with Crippen LogP contribution in [0.15, 0.2) is 12.7 Å². The van der Waals surface area contributed by atoms with Gasteiger partial charge in [-0.05, 0) is 31.5 Å². The van der Waals surface area contributed by atoms with Crippen molar-refractivity contribution in [2.75, 3.05) is 0 Å². The van der Waals surface area contributed by atoms with Crippen LogP contribution in [0.5, 0.6) is 0 Å². The van der Waals surface area contributed by atoms with Gasteiger partial charge in [0.25, 0.3) is 0 Å². The first kappa shape index (κ1) is 19.3. The summed E-state index contributed by atoms with van der Waals surface area (Å²) >= 11 is 6.13. The Morgan fingerprint density at radius 3 is 2.50 bits per heavy atom. The van der Waals surface area contributed by atoms with E-state index in [9.17, 15) is 0 Å². The van der Waals surface area contributed by atoms with Crippen molar-refractivity contribution in [1.29, 1.82) is 0 Å². The number of hydrogen-bond acceptors (Lipinski definition) is 4. The molecule has 2 aromatic rings. The molecule has 2 atom stereocenters. The summed E-state index contributed by atoms with van der Waals surface area (Å²) in [6.07, 6.45) is 5.49. The average molecular weight is 369 g/mol. The summed E-state index contributed by atoms with van der Waals surface area (Å²) in [6.45, 7) is 15.8. The molecule has 0 aliphatic heterocycles. The fourth-order valence-electron chi connectivity index (χ4n) is 2.54. The molecule has 0 aromatic carbocycles. The molecule has 0 saturated carbocycles. The molecule has 0 unspecified atom stereocenters. The van der Waals surface area contributed by atoms with Gasteiger partial charge in [-0.1, -0.05) is 45.7 Å². The molecule has 2 aromatic heterocycles. The predicted octanol–water partition coefficient (Wildman–Crippen LogP) is 5.23. The Bertz CT molecular complexity index is 695. The molecule has 0 aliphatic carbocycles. The van der Waals surface area contributed by atoms with Crippen molar-refractivity contribution >= 4 is 31.1 Å². The van der Waals surface area contributed by atoms with Crippen LogP contribution in [-0.4, -0.2) is 33.9 Å². The number of rotatable bonds is 6. The summed E-state index contributed by atoms with van der Waals surface area (Å²) in [5, 5.41) is 0.574. The average Bonchev–Trinajstić information content (AvgIpc) is 2.90. The first-order valence-electron chi connectivity index (χ1n) is 8.59. The number of aromatic nitrogens is 4. The minimum absolute atomic E-state index is 0.127. The number of imidazole rings is 1. The van der Waals surface area contributed by atoms with E-state index in [0.29, 0.717) is 10.7 Å². The van der Waals surface area contributed by atoms with Gasteiger partial charge in [-0.15, -0.1) is 0 Å². The highest BCUT2D eigenvalue weighted by molar-refractivity contribution is 6.74. The molecule has 0 spiro atoms. The molecule has 0 aliphatic rings. The van der Waals surface area contributed by atoms with Gasteiger partial charge >= 0.3 is 0 Å². The van der Waals surface area contributed by atoms with Crippen molar-refractivity contribution in [1.82, 2.24) is 19.5 Å². The highest BCUT2D eigenvalue weighted by Crippen LogP contribution is 2.39. The molecule has 2 heterocycles. The van der Waals surface area contributed by atoms with Crippen LogP contribution in [0.25, 0.3) is 11.2 Å². The second kappa shape index (κ2) is 7.10. The monoisotopic (exact) mass is 368 g/mol. The van der Waals surface area contributed by atoms with Crippen LogP contribution in [0.2, 0.25) is 23.3 Å². The molecule has 0 saturated heterocycles. The van der Waals surface area contributed by atoms with Crippen molar-refractivity contribution in [2.24, 2.45) is 0 Å². The maximum Gasteiger partial charge on any atom is 0.192 e. The van der Waals surface area contributed by atoms with E-state index in [0.717, 1.165) is 18.5 Å². The zero-order valence-corrected chi connectivity index (χ0v) is 17.6. The predicted molar refractivity (Wildman–Crippen MR) is 102 cm³/mol. The number of halogens is 1. The first-order valence-corrected chi connectivity index (χ1v) is 11.9. The molecule has 134 valence electrons. The van der Waals surface area contributed by atoms with Gasteiger partial charge in [-0.2, -0.15) is 0 Å². The fourth-order valence-corrected chi connectivity index (χ4v) is 4.14. The van der Waals surface area contributed by atoms with Gasteiger partial charge < -0.3 is 8.99 Å². The highest BCUT2D eigenvalue weighted by atomic mass is 35.5. The van der Waals surface area contributed by atoms with E-state index in [1.807, 2.05) is 0 Å². The smallest absolute Gasteiger partial charge is 0.192 e. The van der Waals surface area contributed by atoms with Gasteiger partial charge in [0.2, 0.25) is 0 Å². The molecule has 0 amide bonds. The Labute approximate surface area is 150 Å². The quantitative estimate of drug-likeness (QED) is 0.517. The lowest BCUT2D eigenvalue weighted by Gasteiger charge is -2.41. The van der Waals surface area contributed by atoms with E-state index in [2.05, 4.69) is 67.2 Å². The molecular weight excluding hydrogens is 340 g/mol. The van der Waals surface area contributed by atoms with Crippen LogP contribution in [0.3, 0.4) is 0 Å². The summed E-state index contributed by atoms with van der Waals surface area (Å²) in [6, 6.07) is 0.134. The molecule has 0 N–H and O–H groups in total. The summed E-state index contributed by atoms with van der Waals surface area (Å²) < 4.78 is 8.79. The van der Waals surface area contributed by atoms with Crippen molar-refractivity contribution < 1.29 is 4.43 Å². The van der Waals surface area contributed by atoms with E-state index < -0.39 is 8.32 Å². The van der Waals surface area contributed by atoms with Crippen molar-refractivity contribution in [3.63, 3.8) is 0 Å². The van der Waals surface area contributed by atoms with Crippen LogP contribution < -0.4 is 0 Å². The normalized spacial score (nSPS) is 15.7. The second-order valence-electron chi connectivity index (χ2n) is 7.93. The first-order chi connectivity index (χ1) is 11.1. The molecule has 2 rings (SSSR count). The van der Waals surface area contributed by atoms with Crippen molar-refractivity contribution in [2.45, 2.75) is 77.7 Å². The Hall–Kier alpha value is -0.983. The van der Waals surface area contributed by atoms with E-state index in [1.54, 1.807) is 6.33 Å². The van der Waals surface area contributed by atoms with Crippen LogP contribution >= 0.6 is 11.6 Å². The van der Waals surface area contributed by atoms with Crippen LogP contribution in [0.4, 0.5) is 0 Å². The molecule has 0 bridgehead atoms. The zero-order valence-electron chi connectivity index (χ0n) is 15.8. The Morgan fingerprint density at radius 2 is 1.92 bits per heavy atom. The SMILES string of the molecule is CCC[C@H](O[Si](C)(C)C(C)(C)C)[C@@H](C)n1cnc2c(Cl)ncnc21. The van der Waals surface area contributed by atoms with Crippen LogP contribution in [-0.2, 0) is 4.43 Å². The molecule has 24 heavy (non-hydrogen) atoms. The highest BCUT2D eigenvalue weighted by Gasteiger charge is 2.40. The molecule has 0 fully saturated rings. The minimum Gasteiger partial charge on any atom is -0.412 e. The van der Waals surface area contributed by atoms with Gasteiger partial charge in [0.1, 0.15) is 11.8 Å². The van der Waals surface area contributed by atoms with Gasteiger partial charge in [0, 0.05) is 0 Å². The van der Waals surface area contributed by atoms with Gasteiger partial charge in [0.15, 0.2) is 19.1 Å². The Morgan fingerprint density at radius 1 is 1.25 bits per heavy atom. The third-order valence-corrected chi connectivity index (χ3v) is 9.90. The largest absolute Gasteiger partial charge is 0.412 e. The lowest BCUT2D eigenvalue weighted by Crippen LogP contribution is -2.45. The summed E-state index contributed by atoms with van der Waals surface area (Å²) in [4.78, 5) is 12.8. The molecule has 0 radical (unpaired) electrons. The number of nitrogens with zero attached hydrogens (tertiary/aromatic N) is 4. The lowest BCUT2D eigenvalue weighted by molar-refractivity contribution is 0.121. The van der Waals surface area contributed by atoms with Gasteiger partial charge in [-0.3, -0.25) is 0 Å². The van der Waals surface area contributed by atoms with E-state index in [4.69, 9.17) is 16.0 Å². The number of hydrogen-bond donors (Lipinski definition) is 0. The van der Waals surface area contributed by atoms with Crippen LogP contribution in [0.1, 0.15) is 53.5 Å². The van der Waals surface area contributed by atoms with Gasteiger partial charge in [-0.25, -0.2) is 15.0 Å². The van der Waals surface area contributed by atoms with E-state index in [1.165, 1.54) is 6.33 Å². The maximum atomic E-state index is 6.72. The molecule has 7 heteroatoms. The standard InChI is InChI=1S/C17H29ClN4OSi/c1-8-9-13(23-24(6,7)17(3,4)5)12(2)22-11-21-14-15(18)19-10-20-16(14)22/h10-13H,8-9H2,1-7H3/t12-,13+/m1/s1. The topological polar surface area (TPSA) is 52.8 Å². The maximum absolute atomic E-state index is 6.72. The third-order valence-electron chi connectivity index (χ3n) is 5.12. The fraction of sp³-hybridized carbons (Fsp3) is 0.706. The second-order valence-corrected chi connectivity index (χ2v) is 13.0. The van der Waals surface area contributed by atoms with Crippen molar-refractivity contribution in [3.05, 3.63) is 17.8 Å². The van der Waals surface area contributed by atoms with E-state index in [-0.39, 0.29) is 17.2 Å². The van der Waals surface area contributed by atoms with Crippen molar-refractivity contribution in [3.8, 4) is 0 Å². The summed E-state index contributed by atoms with van der Waals surface area (Å²) in [5.74, 6) is 0. The minimum atomic E-state index is -1.85. The lowest BCUT2D eigenvalue weighted by atomic mass is 10.1.